The maximum absolute atomic E-state index is 12.0. The van der Waals surface area contributed by atoms with Gasteiger partial charge in [0.2, 0.25) is 5.91 Å². The zero-order chi connectivity index (χ0) is 11.7. The summed E-state index contributed by atoms with van der Waals surface area (Å²) in [7, 11) is 0. The number of hydrogen-bond acceptors (Lipinski definition) is 3. The van der Waals surface area contributed by atoms with Crippen LogP contribution in [-0.4, -0.2) is 11.9 Å². The zero-order valence-electron chi connectivity index (χ0n) is 9.60. The van der Waals surface area contributed by atoms with E-state index in [2.05, 4.69) is 12.3 Å². The number of hydrazine groups is 1. The number of benzene rings is 1. The summed E-state index contributed by atoms with van der Waals surface area (Å²) in [5.74, 6) is 5.64. The lowest BCUT2D eigenvalue weighted by atomic mass is 10.1. The fourth-order valence-corrected chi connectivity index (χ4v) is 2.27. The Balaban J connectivity index is 2.26. The van der Waals surface area contributed by atoms with E-state index < -0.39 is 0 Å². The van der Waals surface area contributed by atoms with Gasteiger partial charge in [0, 0.05) is 23.3 Å². The van der Waals surface area contributed by atoms with Gasteiger partial charge in [0.25, 0.3) is 0 Å². The third-order valence-electron chi connectivity index (χ3n) is 3.11. The van der Waals surface area contributed by atoms with Gasteiger partial charge >= 0.3 is 0 Å². The Morgan fingerprint density at radius 1 is 1.31 bits per heavy atom. The molecule has 1 saturated heterocycles. The molecule has 0 spiro atoms. The Hall–Kier alpha value is -1.55. The molecular formula is C12H17N3O. The van der Waals surface area contributed by atoms with Crippen LogP contribution in [0.15, 0.2) is 24.3 Å². The number of carbonyl (C=O) groups is 1. The highest BCUT2D eigenvalue weighted by atomic mass is 16.2. The summed E-state index contributed by atoms with van der Waals surface area (Å²) in [6.07, 6.45) is 0.926. The lowest BCUT2D eigenvalue weighted by Crippen LogP contribution is -2.31. The number of nitrogens with two attached hydrogens (primary N) is 1. The summed E-state index contributed by atoms with van der Waals surface area (Å²) in [6, 6.07) is 7.86. The average Bonchev–Trinajstić information content (AvgIpc) is 2.54. The first kappa shape index (κ1) is 11.0. The predicted molar refractivity (Wildman–Crippen MR) is 65.0 cm³/mol. The van der Waals surface area contributed by atoms with E-state index in [1.165, 1.54) is 0 Å². The number of rotatable bonds is 2. The molecule has 16 heavy (non-hydrogen) atoms. The van der Waals surface area contributed by atoms with Crippen molar-refractivity contribution in [3.05, 3.63) is 24.3 Å². The van der Waals surface area contributed by atoms with Gasteiger partial charge in [-0.3, -0.25) is 10.6 Å². The van der Waals surface area contributed by atoms with E-state index in [1.54, 1.807) is 0 Å². The molecule has 1 aliphatic heterocycles. The van der Waals surface area contributed by atoms with Crippen molar-refractivity contribution >= 4 is 17.3 Å². The molecule has 0 radical (unpaired) electrons. The number of anilines is 2. The monoisotopic (exact) mass is 219 g/mol. The van der Waals surface area contributed by atoms with Crippen LogP contribution < -0.4 is 16.2 Å². The van der Waals surface area contributed by atoms with Crippen LogP contribution in [-0.2, 0) is 4.79 Å². The molecule has 1 amide bonds. The van der Waals surface area contributed by atoms with E-state index in [9.17, 15) is 4.79 Å². The van der Waals surface area contributed by atoms with Gasteiger partial charge in [0.05, 0.1) is 0 Å². The first-order valence-corrected chi connectivity index (χ1v) is 5.53. The fraction of sp³-hybridized carbons (Fsp3) is 0.417. The number of carbonyl (C=O) groups excluding carboxylic acids is 1. The molecule has 3 N–H and O–H groups in total. The van der Waals surface area contributed by atoms with Crippen molar-refractivity contribution < 1.29 is 4.79 Å². The van der Waals surface area contributed by atoms with E-state index in [1.807, 2.05) is 36.1 Å². The zero-order valence-corrected chi connectivity index (χ0v) is 9.60. The summed E-state index contributed by atoms with van der Waals surface area (Å²) in [4.78, 5) is 13.8. The molecule has 1 aromatic carbocycles. The smallest absolute Gasteiger partial charge is 0.230 e. The normalized spacial score (nSPS) is 24.9. The number of nitrogen functional groups attached to an aromatic ring is 1. The Kier molecular flexibility index (Phi) is 2.83. The molecule has 2 unspecified atom stereocenters. The summed E-state index contributed by atoms with van der Waals surface area (Å²) in [5, 5.41) is 0. The maximum Gasteiger partial charge on any atom is 0.230 e. The lowest BCUT2D eigenvalue weighted by molar-refractivity contribution is -0.119. The predicted octanol–water partition coefficient (Wildman–Crippen LogP) is 1.73. The van der Waals surface area contributed by atoms with Crippen molar-refractivity contribution in [2.24, 2.45) is 11.8 Å². The highest BCUT2D eigenvalue weighted by Gasteiger charge is 2.34. The Bertz CT molecular complexity index is 388. The molecule has 1 fully saturated rings. The number of hydrogen-bond donors (Lipinski definition) is 2. The van der Waals surface area contributed by atoms with Crippen LogP contribution >= 0.6 is 0 Å². The fourth-order valence-electron chi connectivity index (χ4n) is 2.27. The second-order valence-corrected chi connectivity index (χ2v) is 4.39. The van der Waals surface area contributed by atoms with Gasteiger partial charge in [-0.05, 0) is 37.6 Å². The van der Waals surface area contributed by atoms with Crippen LogP contribution in [0.2, 0.25) is 0 Å². The molecular weight excluding hydrogens is 202 g/mol. The van der Waals surface area contributed by atoms with Gasteiger partial charge in [-0.15, -0.1) is 0 Å². The van der Waals surface area contributed by atoms with Crippen molar-refractivity contribution in [3.8, 4) is 0 Å². The number of nitrogens with zero attached hydrogens (tertiary/aromatic N) is 1. The second kappa shape index (κ2) is 4.14. The Morgan fingerprint density at radius 3 is 2.38 bits per heavy atom. The molecule has 1 aliphatic rings. The van der Waals surface area contributed by atoms with Gasteiger partial charge in [-0.2, -0.15) is 0 Å². The minimum absolute atomic E-state index is 0.127. The summed E-state index contributed by atoms with van der Waals surface area (Å²) < 4.78 is 0. The molecule has 86 valence electrons. The maximum atomic E-state index is 12.0. The highest BCUT2D eigenvalue weighted by molar-refractivity contribution is 5.97. The quantitative estimate of drug-likeness (QED) is 0.588. The van der Waals surface area contributed by atoms with Gasteiger partial charge in [-0.25, -0.2) is 0 Å². The first-order valence-electron chi connectivity index (χ1n) is 5.53. The molecule has 0 bridgehead atoms. The van der Waals surface area contributed by atoms with E-state index in [-0.39, 0.29) is 17.9 Å². The molecule has 1 aromatic rings. The molecule has 2 rings (SSSR count). The first-order chi connectivity index (χ1) is 7.63. The summed E-state index contributed by atoms with van der Waals surface area (Å²) in [5.41, 5.74) is 4.36. The van der Waals surface area contributed by atoms with E-state index >= 15 is 0 Å². The summed E-state index contributed by atoms with van der Waals surface area (Å²) in [6.45, 7) is 4.06. The van der Waals surface area contributed by atoms with E-state index in [4.69, 9.17) is 5.84 Å². The van der Waals surface area contributed by atoms with Gasteiger partial charge in [0.15, 0.2) is 0 Å². The van der Waals surface area contributed by atoms with E-state index in [0.717, 1.165) is 17.8 Å². The van der Waals surface area contributed by atoms with Crippen LogP contribution in [0.4, 0.5) is 11.4 Å². The van der Waals surface area contributed by atoms with Crippen molar-refractivity contribution in [1.82, 2.24) is 0 Å². The third kappa shape index (κ3) is 1.76. The van der Waals surface area contributed by atoms with Crippen LogP contribution in [0, 0.1) is 5.92 Å². The number of nitrogens with one attached hydrogen (secondary N) is 1. The minimum Gasteiger partial charge on any atom is -0.324 e. The Morgan fingerprint density at radius 2 is 1.94 bits per heavy atom. The Labute approximate surface area is 95.4 Å². The second-order valence-electron chi connectivity index (χ2n) is 4.39. The van der Waals surface area contributed by atoms with Crippen LogP contribution in [0.25, 0.3) is 0 Å². The van der Waals surface area contributed by atoms with Crippen molar-refractivity contribution in [3.63, 3.8) is 0 Å². The number of amides is 1. The molecule has 1 heterocycles. The molecule has 2 atom stereocenters. The van der Waals surface area contributed by atoms with Gasteiger partial charge in [-0.1, -0.05) is 6.92 Å². The third-order valence-corrected chi connectivity index (χ3v) is 3.11. The van der Waals surface area contributed by atoms with Crippen molar-refractivity contribution in [2.75, 3.05) is 10.3 Å². The highest BCUT2D eigenvalue weighted by Crippen LogP contribution is 2.30. The topological polar surface area (TPSA) is 58.4 Å². The molecule has 0 aliphatic carbocycles. The molecule has 4 nitrogen and oxygen atoms in total. The SMILES string of the molecule is CC1CC(C)N(c2ccc(NN)cc2)C1=O. The standard InChI is InChI=1S/C12H17N3O/c1-8-7-9(2)15(12(8)16)11-5-3-10(14-13)4-6-11/h3-6,8-9,14H,7,13H2,1-2H3. The molecule has 0 saturated carbocycles. The lowest BCUT2D eigenvalue weighted by Gasteiger charge is -2.22. The van der Waals surface area contributed by atoms with Crippen molar-refractivity contribution in [2.45, 2.75) is 26.3 Å². The summed E-state index contributed by atoms with van der Waals surface area (Å²) >= 11 is 0. The molecule has 4 heteroatoms. The molecule has 0 aromatic heterocycles. The van der Waals surface area contributed by atoms with Gasteiger partial charge < -0.3 is 10.3 Å². The average molecular weight is 219 g/mol. The van der Waals surface area contributed by atoms with Crippen molar-refractivity contribution in [1.29, 1.82) is 0 Å². The van der Waals surface area contributed by atoms with E-state index in [0.29, 0.717) is 0 Å². The van der Waals surface area contributed by atoms with Gasteiger partial charge in [0.1, 0.15) is 0 Å². The minimum atomic E-state index is 0.127. The van der Waals surface area contributed by atoms with Crippen LogP contribution in [0.5, 0.6) is 0 Å². The largest absolute Gasteiger partial charge is 0.324 e. The van der Waals surface area contributed by atoms with Crippen LogP contribution in [0.1, 0.15) is 20.3 Å². The van der Waals surface area contributed by atoms with Crippen LogP contribution in [0.3, 0.4) is 0 Å².